The standard InChI is InChI=1S/C20H22N2O3/c21-20(25)19-14-8-3-5-10-16(14)22(13-7-1-2-12-18(23)24)17-11-6-4-9-15(17)19/h3-6,8,10-11H,1-2,7,9,12-13H2,(H2,21,25)(H,23,24). The summed E-state index contributed by atoms with van der Waals surface area (Å²) in [6, 6.07) is 7.82. The van der Waals surface area contributed by atoms with E-state index in [1.54, 1.807) is 0 Å². The maximum Gasteiger partial charge on any atom is 0.303 e. The van der Waals surface area contributed by atoms with Gasteiger partial charge in [-0.15, -0.1) is 0 Å². The minimum Gasteiger partial charge on any atom is -0.481 e. The zero-order valence-electron chi connectivity index (χ0n) is 14.1. The van der Waals surface area contributed by atoms with E-state index in [2.05, 4.69) is 4.90 Å². The highest BCUT2D eigenvalue weighted by atomic mass is 16.4. The van der Waals surface area contributed by atoms with E-state index >= 15 is 0 Å². The molecule has 1 heterocycles. The van der Waals surface area contributed by atoms with Crippen LogP contribution >= 0.6 is 0 Å². The molecule has 0 atom stereocenters. The number of para-hydroxylation sites is 1. The smallest absolute Gasteiger partial charge is 0.303 e. The third kappa shape index (κ3) is 3.50. The lowest BCUT2D eigenvalue weighted by Gasteiger charge is -2.37. The van der Waals surface area contributed by atoms with Crippen LogP contribution in [0.4, 0.5) is 5.69 Å². The van der Waals surface area contributed by atoms with Gasteiger partial charge in [0.2, 0.25) is 5.91 Å². The first kappa shape index (κ1) is 17.0. The number of rotatable bonds is 7. The van der Waals surface area contributed by atoms with Crippen LogP contribution in [0.1, 0.15) is 37.7 Å². The van der Waals surface area contributed by atoms with Crippen LogP contribution < -0.4 is 10.6 Å². The maximum atomic E-state index is 12.1. The monoisotopic (exact) mass is 338 g/mol. The van der Waals surface area contributed by atoms with E-state index in [9.17, 15) is 9.59 Å². The molecule has 2 aliphatic rings. The van der Waals surface area contributed by atoms with Gasteiger partial charge in [0.25, 0.3) is 0 Å². The molecule has 1 aromatic rings. The molecule has 5 nitrogen and oxygen atoms in total. The van der Waals surface area contributed by atoms with Crippen molar-refractivity contribution in [1.29, 1.82) is 0 Å². The van der Waals surface area contributed by atoms with Crippen LogP contribution in [0.5, 0.6) is 0 Å². The number of carboxylic acid groups (broad SMARTS) is 1. The molecule has 0 fully saturated rings. The van der Waals surface area contributed by atoms with Crippen molar-refractivity contribution in [3.8, 4) is 0 Å². The van der Waals surface area contributed by atoms with Crippen LogP contribution in [0, 0.1) is 0 Å². The summed E-state index contributed by atoms with van der Waals surface area (Å²) in [6.45, 7) is 0.784. The first-order valence-corrected chi connectivity index (χ1v) is 8.58. The number of aliphatic carboxylic acids is 1. The molecule has 3 N–H and O–H groups in total. The van der Waals surface area contributed by atoms with Gasteiger partial charge in [0.15, 0.2) is 0 Å². The number of primary amides is 1. The predicted octanol–water partition coefficient (Wildman–Crippen LogP) is 3.23. The molecule has 1 aliphatic carbocycles. The summed E-state index contributed by atoms with van der Waals surface area (Å²) < 4.78 is 0. The number of carbonyl (C=O) groups excluding carboxylic acids is 1. The Bertz CT molecular complexity index is 790. The quantitative estimate of drug-likeness (QED) is 0.748. The van der Waals surface area contributed by atoms with Crippen LogP contribution in [0.2, 0.25) is 0 Å². The lowest BCUT2D eigenvalue weighted by atomic mass is 9.86. The number of carboxylic acids is 1. The molecular weight excluding hydrogens is 316 g/mol. The fraction of sp³-hybridized carbons (Fsp3) is 0.300. The van der Waals surface area contributed by atoms with Gasteiger partial charge in [-0.25, -0.2) is 0 Å². The molecule has 0 saturated heterocycles. The van der Waals surface area contributed by atoms with Gasteiger partial charge in [-0.3, -0.25) is 9.59 Å². The van der Waals surface area contributed by atoms with Crippen LogP contribution in [-0.4, -0.2) is 23.5 Å². The summed E-state index contributed by atoms with van der Waals surface area (Å²) in [4.78, 5) is 24.9. The maximum absolute atomic E-state index is 12.1. The highest BCUT2D eigenvalue weighted by Gasteiger charge is 2.30. The first-order chi connectivity index (χ1) is 12.1. The molecule has 0 saturated carbocycles. The minimum atomic E-state index is -0.750. The van der Waals surface area contributed by atoms with Gasteiger partial charge in [-0.1, -0.05) is 36.8 Å². The summed E-state index contributed by atoms with van der Waals surface area (Å²) >= 11 is 0. The zero-order valence-corrected chi connectivity index (χ0v) is 14.1. The van der Waals surface area contributed by atoms with E-state index in [0.29, 0.717) is 18.4 Å². The first-order valence-electron chi connectivity index (χ1n) is 8.58. The molecule has 1 aromatic carbocycles. The topological polar surface area (TPSA) is 83.6 Å². The van der Waals surface area contributed by atoms with Crippen molar-refractivity contribution in [2.45, 2.75) is 32.1 Å². The van der Waals surface area contributed by atoms with Crippen molar-refractivity contribution in [1.82, 2.24) is 0 Å². The third-order valence-corrected chi connectivity index (χ3v) is 4.60. The van der Waals surface area contributed by atoms with E-state index in [1.807, 2.05) is 42.5 Å². The summed E-state index contributed by atoms with van der Waals surface area (Å²) in [5, 5.41) is 8.75. The van der Waals surface area contributed by atoms with Crippen molar-refractivity contribution in [2.24, 2.45) is 5.73 Å². The van der Waals surface area contributed by atoms with Gasteiger partial charge in [-0.2, -0.15) is 0 Å². The fourth-order valence-electron chi connectivity index (χ4n) is 3.49. The number of unbranched alkanes of at least 4 members (excludes halogenated alkanes) is 2. The summed E-state index contributed by atoms with van der Waals surface area (Å²) in [5.74, 6) is -1.15. The van der Waals surface area contributed by atoms with E-state index in [-0.39, 0.29) is 6.42 Å². The normalized spacial score (nSPS) is 15.5. The average molecular weight is 338 g/mol. The zero-order chi connectivity index (χ0) is 17.8. The molecule has 25 heavy (non-hydrogen) atoms. The number of hydrogen-bond acceptors (Lipinski definition) is 3. The minimum absolute atomic E-state index is 0.207. The Kier molecular flexibility index (Phi) is 5.03. The van der Waals surface area contributed by atoms with E-state index in [0.717, 1.165) is 41.9 Å². The van der Waals surface area contributed by atoms with E-state index in [1.165, 1.54) is 0 Å². The van der Waals surface area contributed by atoms with Crippen molar-refractivity contribution in [3.05, 3.63) is 59.3 Å². The lowest BCUT2D eigenvalue weighted by molar-refractivity contribution is -0.137. The Balaban J connectivity index is 1.88. The summed E-state index contributed by atoms with van der Waals surface area (Å²) in [7, 11) is 0. The van der Waals surface area contributed by atoms with Gasteiger partial charge in [0.1, 0.15) is 0 Å². The Morgan fingerprint density at radius 1 is 1.16 bits per heavy atom. The molecule has 1 aliphatic heterocycles. The molecule has 3 rings (SSSR count). The fourth-order valence-corrected chi connectivity index (χ4v) is 3.49. The second-order valence-corrected chi connectivity index (χ2v) is 6.28. The summed E-state index contributed by atoms with van der Waals surface area (Å²) in [6.07, 6.45) is 9.38. The van der Waals surface area contributed by atoms with Gasteiger partial charge in [0, 0.05) is 29.9 Å². The number of benzene rings is 1. The molecule has 0 spiro atoms. The number of amides is 1. The number of hydrogen-bond donors (Lipinski definition) is 2. The van der Waals surface area contributed by atoms with Crippen LogP contribution in [-0.2, 0) is 9.59 Å². The number of carbonyl (C=O) groups is 2. The lowest BCUT2D eigenvalue weighted by Crippen LogP contribution is -2.32. The molecule has 0 unspecified atom stereocenters. The molecule has 0 radical (unpaired) electrons. The largest absolute Gasteiger partial charge is 0.481 e. The van der Waals surface area contributed by atoms with Crippen LogP contribution in [0.3, 0.4) is 0 Å². The Hall–Kier alpha value is -2.82. The molecule has 0 aromatic heterocycles. The highest BCUT2D eigenvalue weighted by molar-refractivity contribution is 6.23. The second-order valence-electron chi connectivity index (χ2n) is 6.28. The second kappa shape index (κ2) is 7.38. The number of nitrogens with two attached hydrogens (primary N) is 1. The van der Waals surface area contributed by atoms with Gasteiger partial charge in [-0.05, 0) is 37.0 Å². The third-order valence-electron chi connectivity index (χ3n) is 4.60. The summed E-state index contributed by atoms with van der Waals surface area (Å²) in [5.41, 5.74) is 10.1. The van der Waals surface area contributed by atoms with Crippen molar-refractivity contribution in [2.75, 3.05) is 11.4 Å². The molecule has 5 heteroatoms. The van der Waals surface area contributed by atoms with Crippen molar-refractivity contribution >= 4 is 23.1 Å². The van der Waals surface area contributed by atoms with Gasteiger partial charge >= 0.3 is 5.97 Å². The predicted molar refractivity (Wildman–Crippen MR) is 97.8 cm³/mol. The van der Waals surface area contributed by atoms with Crippen molar-refractivity contribution < 1.29 is 14.7 Å². The highest BCUT2D eigenvalue weighted by Crippen LogP contribution is 2.42. The molecule has 130 valence electrons. The Labute approximate surface area is 147 Å². The number of anilines is 1. The van der Waals surface area contributed by atoms with Gasteiger partial charge in [0.05, 0.1) is 5.57 Å². The molecular formula is C20H22N2O3. The molecule has 0 bridgehead atoms. The number of nitrogens with zero attached hydrogens (tertiary/aromatic N) is 1. The van der Waals surface area contributed by atoms with Crippen LogP contribution in [0.25, 0.3) is 5.57 Å². The van der Waals surface area contributed by atoms with Crippen molar-refractivity contribution in [3.63, 3.8) is 0 Å². The van der Waals surface area contributed by atoms with E-state index < -0.39 is 11.9 Å². The number of allylic oxidation sites excluding steroid dienone is 4. The molecule has 1 amide bonds. The van der Waals surface area contributed by atoms with E-state index in [4.69, 9.17) is 10.8 Å². The number of fused-ring (bicyclic) bond motifs is 2. The van der Waals surface area contributed by atoms with Crippen LogP contribution in [0.15, 0.2) is 53.8 Å². The SMILES string of the molecule is NC(=O)C1=C2CC=CC=C2N(CCCCCC(=O)O)c2ccccc21. The Morgan fingerprint density at radius 3 is 2.72 bits per heavy atom. The van der Waals surface area contributed by atoms with Gasteiger partial charge < -0.3 is 15.7 Å². The average Bonchev–Trinajstić information content (AvgIpc) is 2.60. The Morgan fingerprint density at radius 2 is 1.96 bits per heavy atom.